The second-order valence-electron chi connectivity index (χ2n) is 4.61. The van der Waals surface area contributed by atoms with E-state index in [1.807, 2.05) is 0 Å². The fourth-order valence-corrected chi connectivity index (χ4v) is 2.37. The summed E-state index contributed by atoms with van der Waals surface area (Å²) < 4.78 is 0. The molecule has 0 bridgehead atoms. The molecule has 2 nitrogen and oxygen atoms in total. The fourth-order valence-electron chi connectivity index (χ4n) is 2.37. The summed E-state index contributed by atoms with van der Waals surface area (Å²) in [6.07, 6.45) is 5.29. The Bertz CT molecular complexity index is 206. The van der Waals surface area contributed by atoms with E-state index in [1.165, 1.54) is 12.8 Å². The van der Waals surface area contributed by atoms with Crippen LogP contribution in [-0.4, -0.2) is 12.1 Å². The molecule has 1 aliphatic carbocycles. The van der Waals surface area contributed by atoms with Gasteiger partial charge in [-0.25, -0.2) is 9.79 Å². The van der Waals surface area contributed by atoms with Crippen molar-refractivity contribution in [2.45, 2.75) is 46.1 Å². The van der Waals surface area contributed by atoms with Crippen LogP contribution in [-0.2, 0) is 4.79 Å². The molecule has 0 heterocycles. The molecule has 0 aliphatic heterocycles. The van der Waals surface area contributed by atoms with Crippen LogP contribution < -0.4 is 0 Å². The van der Waals surface area contributed by atoms with Crippen LogP contribution in [0.25, 0.3) is 0 Å². The molecule has 3 atom stereocenters. The van der Waals surface area contributed by atoms with E-state index in [1.54, 1.807) is 6.08 Å². The molecule has 1 fully saturated rings. The van der Waals surface area contributed by atoms with Gasteiger partial charge in [0.15, 0.2) is 0 Å². The second-order valence-corrected chi connectivity index (χ2v) is 4.61. The van der Waals surface area contributed by atoms with E-state index in [4.69, 9.17) is 0 Å². The van der Waals surface area contributed by atoms with Crippen LogP contribution in [0.3, 0.4) is 0 Å². The smallest absolute Gasteiger partial charge is 0.211 e. The van der Waals surface area contributed by atoms with Gasteiger partial charge in [0.25, 0.3) is 0 Å². The monoisotopic (exact) mass is 181 g/mol. The minimum Gasteiger partial charge on any atom is -0.211 e. The average Bonchev–Trinajstić information content (AvgIpc) is 2.04. The van der Waals surface area contributed by atoms with E-state index in [2.05, 4.69) is 25.8 Å². The maximum Gasteiger partial charge on any atom is 0.235 e. The van der Waals surface area contributed by atoms with Crippen LogP contribution in [0.4, 0.5) is 0 Å². The van der Waals surface area contributed by atoms with Crippen LogP contribution in [0.5, 0.6) is 0 Å². The zero-order chi connectivity index (χ0) is 9.84. The molecule has 0 N–H and O–H groups in total. The Morgan fingerprint density at radius 1 is 1.38 bits per heavy atom. The number of aliphatic imine (C=N–C) groups is 1. The molecule has 2 heteroatoms. The van der Waals surface area contributed by atoms with Crippen LogP contribution in [0, 0.1) is 17.8 Å². The zero-order valence-electron chi connectivity index (χ0n) is 8.79. The first-order valence-corrected chi connectivity index (χ1v) is 5.22. The quantitative estimate of drug-likeness (QED) is 0.476. The molecule has 1 rings (SSSR count). The molecule has 74 valence electrons. The molecule has 0 saturated heterocycles. The third-order valence-corrected chi connectivity index (χ3v) is 3.21. The summed E-state index contributed by atoms with van der Waals surface area (Å²) in [6.45, 7) is 6.67. The van der Waals surface area contributed by atoms with Crippen molar-refractivity contribution in [1.82, 2.24) is 0 Å². The first kappa shape index (κ1) is 10.5. The number of hydrogen-bond donors (Lipinski definition) is 0. The SMILES string of the molecule is CC1CCC(C(C)C)C(N=C=O)C1. The highest BCUT2D eigenvalue weighted by Gasteiger charge is 2.30. The van der Waals surface area contributed by atoms with E-state index in [9.17, 15) is 4.79 Å². The van der Waals surface area contributed by atoms with Crippen molar-refractivity contribution in [1.29, 1.82) is 0 Å². The third-order valence-electron chi connectivity index (χ3n) is 3.21. The van der Waals surface area contributed by atoms with Gasteiger partial charge in [0.1, 0.15) is 0 Å². The molecule has 13 heavy (non-hydrogen) atoms. The molecule has 1 aliphatic rings. The summed E-state index contributed by atoms with van der Waals surface area (Å²) in [4.78, 5) is 14.2. The van der Waals surface area contributed by atoms with Crippen LogP contribution in [0.15, 0.2) is 4.99 Å². The van der Waals surface area contributed by atoms with Gasteiger partial charge in [-0.2, -0.15) is 0 Å². The average molecular weight is 181 g/mol. The Kier molecular flexibility index (Phi) is 3.68. The fraction of sp³-hybridized carbons (Fsp3) is 0.909. The second kappa shape index (κ2) is 4.57. The Morgan fingerprint density at radius 3 is 2.62 bits per heavy atom. The molecule has 0 amide bonds. The van der Waals surface area contributed by atoms with Crippen molar-refractivity contribution in [3.63, 3.8) is 0 Å². The van der Waals surface area contributed by atoms with Crippen molar-refractivity contribution in [3.05, 3.63) is 0 Å². The molecule has 0 aromatic carbocycles. The Labute approximate surface area is 80.4 Å². The number of rotatable bonds is 2. The van der Waals surface area contributed by atoms with Crippen molar-refractivity contribution in [2.24, 2.45) is 22.7 Å². The molecular weight excluding hydrogens is 162 g/mol. The molecule has 0 aromatic rings. The van der Waals surface area contributed by atoms with E-state index in [-0.39, 0.29) is 6.04 Å². The topological polar surface area (TPSA) is 29.4 Å². The van der Waals surface area contributed by atoms with Gasteiger partial charge in [-0.05, 0) is 30.6 Å². The minimum absolute atomic E-state index is 0.237. The molecule has 0 aromatic heterocycles. The number of isocyanates is 1. The summed E-state index contributed by atoms with van der Waals surface area (Å²) in [7, 11) is 0. The lowest BCUT2D eigenvalue weighted by molar-refractivity contribution is 0.201. The Morgan fingerprint density at radius 2 is 2.08 bits per heavy atom. The van der Waals surface area contributed by atoms with Crippen molar-refractivity contribution >= 4 is 6.08 Å². The van der Waals surface area contributed by atoms with Gasteiger partial charge in [-0.3, -0.25) is 0 Å². The maximum atomic E-state index is 10.3. The van der Waals surface area contributed by atoms with Crippen molar-refractivity contribution < 1.29 is 4.79 Å². The van der Waals surface area contributed by atoms with E-state index < -0.39 is 0 Å². The molecule has 0 spiro atoms. The van der Waals surface area contributed by atoms with E-state index in [0.29, 0.717) is 11.8 Å². The number of nitrogens with zero attached hydrogens (tertiary/aromatic N) is 1. The van der Waals surface area contributed by atoms with Gasteiger partial charge in [-0.1, -0.05) is 27.2 Å². The Hall–Kier alpha value is -0.620. The lowest BCUT2D eigenvalue weighted by atomic mass is 9.74. The van der Waals surface area contributed by atoms with Crippen molar-refractivity contribution in [3.8, 4) is 0 Å². The van der Waals surface area contributed by atoms with E-state index in [0.717, 1.165) is 12.3 Å². The summed E-state index contributed by atoms with van der Waals surface area (Å²) >= 11 is 0. The number of carbonyl (C=O) groups excluding carboxylic acids is 1. The largest absolute Gasteiger partial charge is 0.235 e. The van der Waals surface area contributed by atoms with Gasteiger partial charge in [-0.15, -0.1) is 0 Å². The van der Waals surface area contributed by atoms with E-state index >= 15 is 0 Å². The van der Waals surface area contributed by atoms with Crippen LogP contribution in [0.1, 0.15) is 40.0 Å². The maximum absolute atomic E-state index is 10.3. The van der Waals surface area contributed by atoms with Crippen LogP contribution in [0.2, 0.25) is 0 Å². The standard InChI is InChI=1S/C11H19NO/c1-8(2)10-5-4-9(3)6-11(10)12-7-13/h8-11H,4-6H2,1-3H3. The lowest BCUT2D eigenvalue weighted by Gasteiger charge is -2.33. The molecular formula is C11H19NO. The third kappa shape index (κ3) is 2.67. The van der Waals surface area contributed by atoms with Gasteiger partial charge < -0.3 is 0 Å². The number of hydrogen-bond acceptors (Lipinski definition) is 2. The van der Waals surface area contributed by atoms with Crippen molar-refractivity contribution in [2.75, 3.05) is 0 Å². The molecule has 3 unspecified atom stereocenters. The summed E-state index contributed by atoms with van der Waals surface area (Å²) in [5.74, 6) is 1.95. The van der Waals surface area contributed by atoms with Gasteiger partial charge in [0.05, 0.1) is 6.04 Å². The highest BCUT2D eigenvalue weighted by atomic mass is 16.1. The summed E-state index contributed by atoms with van der Waals surface area (Å²) in [5.41, 5.74) is 0. The van der Waals surface area contributed by atoms with Gasteiger partial charge >= 0.3 is 0 Å². The first-order chi connectivity index (χ1) is 6.15. The predicted octanol–water partition coefficient (Wildman–Crippen LogP) is 2.78. The normalized spacial score (nSPS) is 34.3. The lowest BCUT2D eigenvalue weighted by Crippen LogP contribution is -2.30. The first-order valence-electron chi connectivity index (χ1n) is 5.22. The Balaban J connectivity index is 2.65. The highest BCUT2D eigenvalue weighted by Crippen LogP contribution is 2.34. The zero-order valence-corrected chi connectivity index (χ0v) is 8.79. The minimum atomic E-state index is 0.237. The van der Waals surface area contributed by atoms with Crippen LogP contribution >= 0.6 is 0 Å². The van der Waals surface area contributed by atoms with Gasteiger partial charge in [0, 0.05) is 0 Å². The summed E-state index contributed by atoms with van der Waals surface area (Å²) in [5, 5.41) is 0. The highest BCUT2D eigenvalue weighted by molar-refractivity contribution is 5.33. The molecule has 0 radical (unpaired) electrons. The van der Waals surface area contributed by atoms with Gasteiger partial charge in [0.2, 0.25) is 6.08 Å². The predicted molar refractivity (Wildman–Crippen MR) is 53.3 cm³/mol. The molecule has 1 saturated carbocycles. The summed E-state index contributed by atoms with van der Waals surface area (Å²) in [6, 6.07) is 0.237.